The van der Waals surface area contributed by atoms with Crippen LogP contribution in [0.25, 0.3) is 0 Å². The summed E-state index contributed by atoms with van der Waals surface area (Å²) in [5.74, 6) is 0.606. The van der Waals surface area contributed by atoms with Crippen LogP contribution in [0.1, 0.15) is 57.1 Å². The molecule has 1 amide bonds. The molecule has 130 valence electrons. The maximum Gasteiger partial charge on any atom is 0.409 e. The van der Waals surface area contributed by atoms with Crippen LogP contribution in [0.3, 0.4) is 0 Å². The highest BCUT2D eigenvalue weighted by atomic mass is 16.5. The lowest BCUT2D eigenvalue weighted by Crippen LogP contribution is -2.26. The van der Waals surface area contributed by atoms with Gasteiger partial charge in [-0.3, -0.25) is 0 Å². The van der Waals surface area contributed by atoms with E-state index in [1.54, 1.807) is 0 Å². The Morgan fingerprint density at radius 2 is 1.91 bits per heavy atom. The fourth-order valence-corrected chi connectivity index (χ4v) is 2.61. The van der Waals surface area contributed by atoms with Crippen LogP contribution < -0.4 is 10.5 Å². The first-order valence-corrected chi connectivity index (χ1v) is 8.69. The minimum Gasteiger partial charge on any atom is -0.410 e. The molecule has 0 aliphatic heterocycles. The Bertz CT molecular complexity index is 486. The summed E-state index contributed by atoms with van der Waals surface area (Å²) in [5, 5.41) is 0. The summed E-state index contributed by atoms with van der Waals surface area (Å²) in [6.45, 7) is 4.42. The lowest BCUT2D eigenvalue weighted by molar-refractivity contribution is 0.210. The molecule has 4 nitrogen and oxygen atoms in total. The molecule has 0 aliphatic rings. The number of nitrogens with two attached hydrogens (primary N) is 1. The quantitative estimate of drug-likeness (QED) is 0.659. The van der Waals surface area contributed by atoms with Gasteiger partial charge < -0.3 is 15.4 Å². The van der Waals surface area contributed by atoms with Gasteiger partial charge in [-0.1, -0.05) is 44.7 Å². The normalized spacial score (nSPS) is 12.4. The number of ether oxygens (including phenoxy) is 1. The third-order valence-corrected chi connectivity index (χ3v) is 4.30. The molecule has 1 aromatic carbocycles. The maximum absolute atomic E-state index is 11.1. The van der Waals surface area contributed by atoms with Crippen LogP contribution in [0.5, 0.6) is 5.75 Å². The van der Waals surface area contributed by atoms with E-state index in [1.165, 1.54) is 31.2 Å². The van der Waals surface area contributed by atoms with E-state index in [0.717, 1.165) is 24.8 Å². The zero-order valence-electron chi connectivity index (χ0n) is 15.1. The molecule has 0 saturated heterocycles. The van der Waals surface area contributed by atoms with Gasteiger partial charge in [0.05, 0.1) is 0 Å². The van der Waals surface area contributed by atoms with Gasteiger partial charge in [-0.2, -0.15) is 0 Å². The van der Waals surface area contributed by atoms with Crippen LogP contribution in [-0.2, 0) is 12.8 Å². The van der Waals surface area contributed by atoms with Gasteiger partial charge in [0.1, 0.15) is 5.75 Å². The molecule has 0 heterocycles. The van der Waals surface area contributed by atoms with Gasteiger partial charge in [0.15, 0.2) is 0 Å². The Labute approximate surface area is 141 Å². The van der Waals surface area contributed by atoms with Crippen molar-refractivity contribution in [1.29, 1.82) is 0 Å². The number of carbonyl (C=O) groups excluding carboxylic acids is 1. The molecule has 0 spiro atoms. The minimum absolute atomic E-state index is 0.468. The first-order valence-electron chi connectivity index (χ1n) is 8.69. The maximum atomic E-state index is 11.1. The zero-order chi connectivity index (χ0) is 17.2. The van der Waals surface area contributed by atoms with Crippen LogP contribution in [0.2, 0.25) is 0 Å². The average molecular weight is 320 g/mol. The van der Waals surface area contributed by atoms with Gasteiger partial charge in [-0.05, 0) is 57.5 Å². The van der Waals surface area contributed by atoms with Gasteiger partial charge in [-0.15, -0.1) is 0 Å². The van der Waals surface area contributed by atoms with Crippen molar-refractivity contribution < 1.29 is 9.53 Å². The molecule has 23 heavy (non-hydrogen) atoms. The number of aryl methyl sites for hydroxylation is 1. The van der Waals surface area contributed by atoms with E-state index in [2.05, 4.69) is 38.9 Å². The molecule has 0 aromatic heterocycles. The molecule has 1 atom stereocenters. The van der Waals surface area contributed by atoms with Crippen molar-refractivity contribution in [2.75, 3.05) is 14.1 Å². The van der Waals surface area contributed by atoms with Crippen molar-refractivity contribution in [3.8, 4) is 5.75 Å². The number of primary amides is 1. The van der Waals surface area contributed by atoms with Crippen LogP contribution in [0, 0.1) is 0 Å². The number of benzene rings is 1. The van der Waals surface area contributed by atoms with E-state index >= 15 is 0 Å². The summed E-state index contributed by atoms with van der Waals surface area (Å²) in [6.07, 6.45) is 7.28. The van der Waals surface area contributed by atoms with Crippen LogP contribution in [0.4, 0.5) is 4.79 Å². The predicted molar refractivity (Wildman–Crippen MR) is 96.0 cm³/mol. The number of nitrogens with zero attached hydrogens (tertiary/aromatic N) is 1. The molecule has 1 unspecified atom stereocenters. The molecule has 0 aliphatic carbocycles. The second-order valence-electron chi connectivity index (χ2n) is 6.54. The number of carbonyl (C=O) groups is 1. The van der Waals surface area contributed by atoms with Crippen molar-refractivity contribution in [2.24, 2.45) is 5.73 Å². The van der Waals surface area contributed by atoms with Gasteiger partial charge in [0.25, 0.3) is 0 Å². The molecule has 0 saturated carbocycles. The summed E-state index contributed by atoms with van der Waals surface area (Å²) >= 11 is 0. The summed E-state index contributed by atoms with van der Waals surface area (Å²) in [4.78, 5) is 13.3. The highest BCUT2D eigenvalue weighted by Crippen LogP contribution is 2.24. The van der Waals surface area contributed by atoms with Crippen molar-refractivity contribution in [1.82, 2.24) is 4.90 Å². The van der Waals surface area contributed by atoms with Gasteiger partial charge in [0.2, 0.25) is 0 Å². The Morgan fingerprint density at radius 1 is 1.22 bits per heavy atom. The first-order chi connectivity index (χ1) is 10.9. The van der Waals surface area contributed by atoms with E-state index < -0.39 is 6.09 Å². The Morgan fingerprint density at radius 3 is 2.52 bits per heavy atom. The van der Waals surface area contributed by atoms with Crippen molar-refractivity contribution in [3.05, 3.63) is 29.3 Å². The molecule has 0 radical (unpaired) electrons. The summed E-state index contributed by atoms with van der Waals surface area (Å²) < 4.78 is 5.16. The minimum atomic E-state index is -0.744. The number of likely N-dealkylation sites (N-methyl/N-ethyl adjacent to an activating group) is 1. The fraction of sp³-hybridized carbons (Fsp3) is 0.632. The van der Waals surface area contributed by atoms with E-state index in [1.807, 2.05) is 12.1 Å². The summed E-state index contributed by atoms with van der Waals surface area (Å²) in [6, 6.07) is 6.54. The molecule has 0 bridgehead atoms. The molecule has 2 N–H and O–H groups in total. The number of hydrogen-bond acceptors (Lipinski definition) is 3. The van der Waals surface area contributed by atoms with Crippen LogP contribution in [-0.4, -0.2) is 31.1 Å². The Balaban J connectivity index is 2.76. The lowest BCUT2D eigenvalue weighted by atomic mass is 9.99. The summed E-state index contributed by atoms with van der Waals surface area (Å²) in [7, 11) is 4.17. The van der Waals surface area contributed by atoms with Crippen molar-refractivity contribution in [3.63, 3.8) is 0 Å². The fourth-order valence-electron chi connectivity index (χ4n) is 2.61. The van der Waals surface area contributed by atoms with Crippen molar-refractivity contribution in [2.45, 2.75) is 64.8 Å². The Hall–Kier alpha value is -1.55. The molecule has 1 aromatic rings. The molecule has 1 rings (SSSR count). The second kappa shape index (κ2) is 10.3. The smallest absolute Gasteiger partial charge is 0.409 e. The molecular weight excluding hydrogens is 288 g/mol. The van der Waals surface area contributed by atoms with E-state index in [4.69, 9.17) is 10.5 Å². The molecule has 0 fully saturated rings. The SMILES string of the molecule is CCCCCCCc1cc(CC(C)N(C)C)ccc1OC(N)=O. The first kappa shape index (κ1) is 19.5. The number of hydrogen-bond donors (Lipinski definition) is 1. The zero-order valence-corrected chi connectivity index (χ0v) is 15.1. The number of rotatable bonds is 10. The van der Waals surface area contributed by atoms with Gasteiger partial charge in [-0.25, -0.2) is 4.79 Å². The third kappa shape index (κ3) is 7.51. The third-order valence-electron chi connectivity index (χ3n) is 4.30. The second-order valence-corrected chi connectivity index (χ2v) is 6.54. The molecule has 4 heteroatoms. The van der Waals surface area contributed by atoms with Crippen molar-refractivity contribution >= 4 is 6.09 Å². The average Bonchev–Trinajstić information content (AvgIpc) is 2.48. The van der Waals surface area contributed by atoms with Crippen LogP contribution in [0.15, 0.2) is 18.2 Å². The number of amides is 1. The van der Waals surface area contributed by atoms with Crippen LogP contribution >= 0.6 is 0 Å². The highest BCUT2D eigenvalue weighted by Gasteiger charge is 2.11. The van der Waals surface area contributed by atoms with E-state index in [0.29, 0.717) is 11.8 Å². The number of unbranched alkanes of at least 4 members (excludes halogenated alkanes) is 4. The standard InChI is InChI=1S/C19H32N2O2/c1-5-6-7-8-9-10-17-14-16(13-15(2)21(3)4)11-12-18(17)23-19(20)22/h11-12,14-15H,5-10,13H2,1-4H3,(H2,20,22). The van der Waals surface area contributed by atoms with Gasteiger partial charge in [0, 0.05) is 6.04 Å². The topological polar surface area (TPSA) is 55.6 Å². The lowest BCUT2D eigenvalue weighted by Gasteiger charge is -2.20. The predicted octanol–water partition coefficient (Wildman–Crippen LogP) is 4.15. The molecular formula is C19H32N2O2. The monoisotopic (exact) mass is 320 g/mol. The largest absolute Gasteiger partial charge is 0.410 e. The highest BCUT2D eigenvalue weighted by molar-refractivity contribution is 5.68. The van der Waals surface area contributed by atoms with Gasteiger partial charge >= 0.3 is 6.09 Å². The summed E-state index contributed by atoms with van der Waals surface area (Å²) in [5.41, 5.74) is 7.54. The Kier molecular flexibility index (Phi) is 8.70. The van der Waals surface area contributed by atoms with E-state index in [-0.39, 0.29) is 0 Å². The van der Waals surface area contributed by atoms with E-state index in [9.17, 15) is 4.79 Å².